The number of hydrogen-bond donors (Lipinski definition) is 3. The van der Waals surface area contributed by atoms with Crippen LogP contribution < -0.4 is 16.6 Å². The van der Waals surface area contributed by atoms with E-state index in [9.17, 15) is 4.79 Å². The number of aromatic amines is 1. The van der Waals surface area contributed by atoms with Crippen LogP contribution in [-0.2, 0) is 6.54 Å². The van der Waals surface area contributed by atoms with Crippen molar-refractivity contribution >= 4 is 27.2 Å². The Bertz CT molecular complexity index is 862. The predicted octanol–water partition coefficient (Wildman–Crippen LogP) is 3.76. The Kier molecular flexibility index (Phi) is 4.28. The number of anilines is 1. The van der Waals surface area contributed by atoms with E-state index in [4.69, 9.17) is 10.2 Å². The van der Waals surface area contributed by atoms with Crippen LogP contribution in [-0.4, -0.2) is 4.98 Å². The SMILES string of the molecule is Cc1c(C(N)C(C)C)sc2c(NCc3ccco3)cc(=O)[nH]c12. The van der Waals surface area contributed by atoms with Gasteiger partial charge in [0.2, 0.25) is 0 Å². The van der Waals surface area contributed by atoms with Crippen molar-refractivity contribution in [1.82, 2.24) is 4.98 Å². The maximum Gasteiger partial charge on any atom is 0.250 e. The van der Waals surface area contributed by atoms with Crippen molar-refractivity contribution in [3.8, 4) is 0 Å². The average molecular weight is 331 g/mol. The number of nitrogens with one attached hydrogen (secondary N) is 2. The number of H-pyrrole nitrogens is 1. The van der Waals surface area contributed by atoms with Crippen LogP contribution in [0.3, 0.4) is 0 Å². The van der Waals surface area contributed by atoms with E-state index in [1.807, 2.05) is 19.1 Å². The molecule has 3 heterocycles. The van der Waals surface area contributed by atoms with Gasteiger partial charge in [-0.3, -0.25) is 4.79 Å². The molecule has 0 amide bonds. The molecular formula is C17H21N3O2S. The van der Waals surface area contributed by atoms with Crippen LogP contribution in [0.1, 0.15) is 36.1 Å². The third kappa shape index (κ3) is 3.04. The van der Waals surface area contributed by atoms with Gasteiger partial charge < -0.3 is 20.5 Å². The smallest absolute Gasteiger partial charge is 0.250 e. The zero-order valence-corrected chi connectivity index (χ0v) is 14.3. The Labute approximate surface area is 138 Å². The minimum Gasteiger partial charge on any atom is -0.467 e. The maximum absolute atomic E-state index is 12.0. The highest BCUT2D eigenvalue weighted by atomic mass is 32.1. The van der Waals surface area contributed by atoms with E-state index in [0.717, 1.165) is 32.1 Å². The summed E-state index contributed by atoms with van der Waals surface area (Å²) in [5, 5.41) is 3.30. The summed E-state index contributed by atoms with van der Waals surface area (Å²) in [6, 6.07) is 5.30. The summed E-state index contributed by atoms with van der Waals surface area (Å²) in [5.74, 6) is 1.17. The summed E-state index contributed by atoms with van der Waals surface area (Å²) in [4.78, 5) is 16.0. The minimum atomic E-state index is -0.120. The van der Waals surface area contributed by atoms with Gasteiger partial charge in [-0.2, -0.15) is 0 Å². The molecule has 6 heteroatoms. The van der Waals surface area contributed by atoms with E-state index in [-0.39, 0.29) is 11.6 Å². The molecule has 0 bridgehead atoms. The lowest BCUT2D eigenvalue weighted by Gasteiger charge is -2.14. The number of fused-ring (bicyclic) bond motifs is 1. The molecule has 0 aromatic carbocycles. The molecular weight excluding hydrogens is 310 g/mol. The van der Waals surface area contributed by atoms with Crippen LogP contribution in [0.25, 0.3) is 10.2 Å². The number of furan rings is 1. The van der Waals surface area contributed by atoms with Crippen molar-refractivity contribution in [2.24, 2.45) is 11.7 Å². The van der Waals surface area contributed by atoms with E-state index in [1.54, 1.807) is 23.7 Å². The number of pyridine rings is 1. The van der Waals surface area contributed by atoms with Gasteiger partial charge in [0.05, 0.1) is 28.7 Å². The molecule has 0 aliphatic heterocycles. The molecule has 0 radical (unpaired) electrons. The Morgan fingerprint density at radius 2 is 2.22 bits per heavy atom. The first-order chi connectivity index (χ1) is 11.0. The first-order valence-electron chi connectivity index (χ1n) is 7.65. The molecule has 4 N–H and O–H groups in total. The minimum absolute atomic E-state index is 0.0335. The molecule has 122 valence electrons. The zero-order valence-electron chi connectivity index (χ0n) is 13.5. The highest BCUT2D eigenvalue weighted by molar-refractivity contribution is 7.20. The Morgan fingerprint density at radius 1 is 1.43 bits per heavy atom. The molecule has 23 heavy (non-hydrogen) atoms. The van der Waals surface area contributed by atoms with E-state index in [0.29, 0.717) is 12.5 Å². The summed E-state index contributed by atoms with van der Waals surface area (Å²) in [6.07, 6.45) is 1.64. The fourth-order valence-electron chi connectivity index (χ4n) is 2.57. The molecule has 0 spiro atoms. The molecule has 3 aromatic rings. The summed E-state index contributed by atoms with van der Waals surface area (Å²) in [7, 11) is 0. The number of rotatable bonds is 5. The maximum atomic E-state index is 12.0. The average Bonchev–Trinajstić information content (AvgIpc) is 3.13. The van der Waals surface area contributed by atoms with Gasteiger partial charge in [0.15, 0.2) is 0 Å². The van der Waals surface area contributed by atoms with Gasteiger partial charge in [-0.1, -0.05) is 13.8 Å². The standard InChI is InChI=1S/C17H21N3O2S/c1-9(2)14(18)16-10(3)15-17(23-16)12(7-13(21)20-15)19-8-11-5-4-6-22-11/h4-7,9,14H,8,18H2,1-3H3,(H2,19,20,21). The van der Waals surface area contributed by atoms with Crippen LogP contribution in [0.5, 0.6) is 0 Å². The first-order valence-corrected chi connectivity index (χ1v) is 8.47. The van der Waals surface area contributed by atoms with Gasteiger partial charge in [0, 0.05) is 17.0 Å². The molecule has 0 aliphatic rings. The van der Waals surface area contributed by atoms with Crippen molar-refractivity contribution < 1.29 is 4.42 Å². The van der Waals surface area contributed by atoms with E-state index < -0.39 is 0 Å². The quantitative estimate of drug-likeness (QED) is 0.664. The lowest BCUT2D eigenvalue weighted by atomic mass is 10.0. The van der Waals surface area contributed by atoms with Crippen molar-refractivity contribution in [1.29, 1.82) is 0 Å². The number of aromatic nitrogens is 1. The molecule has 0 saturated heterocycles. The first kappa shape index (κ1) is 15.8. The molecule has 3 aromatic heterocycles. The molecule has 1 atom stereocenters. The number of hydrogen-bond acceptors (Lipinski definition) is 5. The summed E-state index contributed by atoms with van der Waals surface area (Å²) in [6.45, 7) is 6.76. The molecule has 3 rings (SSSR count). The van der Waals surface area contributed by atoms with Crippen molar-refractivity contribution in [3.63, 3.8) is 0 Å². The van der Waals surface area contributed by atoms with Crippen LogP contribution in [0, 0.1) is 12.8 Å². The zero-order chi connectivity index (χ0) is 16.6. The van der Waals surface area contributed by atoms with Crippen molar-refractivity contribution in [3.05, 3.63) is 51.0 Å². The summed E-state index contributed by atoms with van der Waals surface area (Å²) < 4.78 is 6.36. The normalized spacial score (nSPS) is 12.9. The van der Waals surface area contributed by atoms with Gasteiger partial charge in [0.25, 0.3) is 5.56 Å². The molecule has 0 saturated carbocycles. The second kappa shape index (κ2) is 6.22. The molecule has 1 unspecified atom stereocenters. The van der Waals surface area contributed by atoms with Crippen LogP contribution >= 0.6 is 11.3 Å². The van der Waals surface area contributed by atoms with Crippen molar-refractivity contribution in [2.75, 3.05) is 5.32 Å². The van der Waals surface area contributed by atoms with E-state index in [2.05, 4.69) is 24.1 Å². The Morgan fingerprint density at radius 3 is 2.87 bits per heavy atom. The second-order valence-corrected chi connectivity index (χ2v) is 7.10. The number of aryl methyl sites for hydroxylation is 1. The van der Waals surface area contributed by atoms with Gasteiger partial charge >= 0.3 is 0 Å². The van der Waals surface area contributed by atoms with Gasteiger partial charge in [-0.25, -0.2) is 0 Å². The fraction of sp³-hybridized carbons (Fsp3) is 0.353. The highest BCUT2D eigenvalue weighted by Gasteiger charge is 2.20. The Hall–Kier alpha value is -2.05. The topological polar surface area (TPSA) is 84.0 Å². The van der Waals surface area contributed by atoms with Gasteiger partial charge in [-0.05, 0) is 30.5 Å². The summed E-state index contributed by atoms with van der Waals surface area (Å²) >= 11 is 1.64. The number of thiophene rings is 1. The second-order valence-electron chi connectivity index (χ2n) is 6.05. The highest BCUT2D eigenvalue weighted by Crippen LogP contribution is 2.38. The molecule has 0 aliphatic carbocycles. The predicted molar refractivity (Wildman–Crippen MR) is 95.0 cm³/mol. The Balaban J connectivity index is 2.03. The third-order valence-electron chi connectivity index (χ3n) is 4.01. The van der Waals surface area contributed by atoms with Crippen LogP contribution in [0.2, 0.25) is 0 Å². The van der Waals surface area contributed by atoms with Crippen molar-refractivity contribution in [2.45, 2.75) is 33.4 Å². The van der Waals surface area contributed by atoms with E-state index >= 15 is 0 Å². The fourth-order valence-corrected chi connectivity index (χ4v) is 4.01. The largest absolute Gasteiger partial charge is 0.467 e. The monoisotopic (exact) mass is 331 g/mol. The van der Waals surface area contributed by atoms with Gasteiger partial charge in [-0.15, -0.1) is 11.3 Å². The van der Waals surface area contributed by atoms with Crippen LogP contribution in [0.15, 0.2) is 33.7 Å². The lowest BCUT2D eigenvalue weighted by molar-refractivity contribution is 0.518. The molecule has 5 nitrogen and oxygen atoms in total. The number of nitrogens with two attached hydrogens (primary N) is 1. The molecule has 0 fully saturated rings. The lowest BCUT2D eigenvalue weighted by Crippen LogP contribution is -2.16. The third-order valence-corrected chi connectivity index (χ3v) is 5.43. The summed E-state index contributed by atoms with van der Waals surface area (Å²) in [5.41, 5.74) is 8.95. The van der Waals surface area contributed by atoms with E-state index in [1.165, 1.54) is 0 Å². The van der Waals surface area contributed by atoms with Crippen LogP contribution in [0.4, 0.5) is 5.69 Å². The van der Waals surface area contributed by atoms with Gasteiger partial charge in [0.1, 0.15) is 5.76 Å².